The molecule has 2 aromatic rings. The molecule has 4 heteroatoms. The molecule has 0 bridgehead atoms. The number of hydrogen-bond donors (Lipinski definition) is 1. The first-order chi connectivity index (χ1) is 9.72. The maximum atomic E-state index is 13.3. The predicted molar refractivity (Wildman–Crippen MR) is 76.8 cm³/mol. The maximum Gasteiger partial charge on any atom is 0.131 e. The molecule has 2 rings (SSSR count). The summed E-state index contributed by atoms with van der Waals surface area (Å²) in [6.45, 7) is 2.96. The van der Waals surface area contributed by atoms with Crippen molar-refractivity contribution < 1.29 is 13.9 Å². The molecule has 2 aromatic carbocycles. The number of benzene rings is 2. The molecule has 0 atom stereocenters. The number of hydrogen-bond acceptors (Lipinski definition) is 3. The van der Waals surface area contributed by atoms with Crippen molar-refractivity contribution in [1.29, 1.82) is 0 Å². The van der Waals surface area contributed by atoms with Crippen LogP contribution in [-0.2, 0) is 6.42 Å². The van der Waals surface area contributed by atoms with Crippen molar-refractivity contribution >= 4 is 0 Å². The zero-order valence-electron chi connectivity index (χ0n) is 11.4. The van der Waals surface area contributed by atoms with E-state index in [0.717, 1.165) is 11.3 Å². The van der Waals surface area contributed by atoms with Gasteiger partial charge in [0.15, 0.2) is 0 Å². The molecule has 0 saturated heterocycles. The van der Waals surface area contributed by atoms with Crippen molar-refractivity contribution in [3.05, 3.63) is 53.8 Å². The number of rotatable bonds is 6. The van der Waals surface area contributed by atoms with Crippen LogP contribution in [0, 0.1) is 5.82 Å². The van der Waals surface area contributed by atoms with E-state index in [1.165, 1.54) is 12.1 Å². The van der Waals surface area contributed by atoms with Crippen molar-refractivity contribution in [1.82, 2.24) is 0 Å². The molecule has 0 heterocycles. The minimum absolute atomic E-state index is 0.288. The van der Waals surface area contributed by atoms with E-state index in [4.69, 9.17) is 15.2 Å². The Bertz CT molecular complexity index is 572. The van der Waals surface area contributed by atoms with Gasteiger partial charge in [0, 0.05) is 6.07 Å². The highest BCUT2D eigenvalue weighted by atomic mass is 19.1. The van der Waals surface area contributed by atoms with E-state index in [1.807, 2.05) is 25.1 Å². The molecule has 0 saturated carbocycles. The minimum Gasteiger partial charge on any atom is -0.494 e. The molecule has 0 aliphatic rings. The van der Waals surface area contributed by atoms with Crippen LogP contribution in [0.3, 0.4) is 0 Å². The molecule has 0 unspecified atom stereocenters. The minimum atomic E-state index is -0.288. The average molecular weight is 275 g/mol. The van der Waals surface area contributed by atoms with Gasteiger partial charge in [-0.25, -0.2) is 4.39 Å². The van der Waals surface area contributed by atoms with Crippen LogP contribution < -0.4 is 15.2 Å². The summed E-state index contributed by atoms with van der Waals surface area (Å²) in [6.07, 6.45) is 0.568. The second-order valence-corrected chi connectivity index (χ2v) is 4.30. The smallest absolute Gasteiger partial charge is 0.131 e. The Balaban J connectivity index is 2.22. The SMILES string of the molecule is CCOc1cccc(Oc2ccc(F)cc2CCN)c1. The van der Waals surface area contributed by atoms with Crippen molar-refractivity contribution in [2.24, 2.45) is 5.73 Å². The molecule has 0 radical (unpaired) electrons. The highest BCUT2D eigenvalue weighted by molar-refractivity contribution is 5.40. The molecule has 106 valence electrons. The van der Waals surface area contributed by atoms with Crippen molar-refractivity contribution in [2.75, 3.05) is 13.2 Å². The lowest BCUT2D eigenvalue weighted by atomic mass is 10.1. The predicted octanol–water partition coefficient (Wildman–Crippen LogP) is 3.52. The molecular formula is C16H18FNO2. The Kier molecular flexibility index (Phi) is 4.96. The summed E-state index contributed by atoms with van der Waals surface area (Å²) in [5, 5.41) is 0. The maximum absolute atomic E-state index is 13.3. The summed E-state index contributed by atoms with van der Waals surface area (Å²) in [6, 6.07) is 11.8. The van der Waals surface area contributed by atoms with Gasteiger partial charge in [-0.05, 0) is 55.8 Å². The molecule has 0 aliphatic carbocycles. The molecule has 0 amide bonds. The molecule has 0 fully saturated rings. The number of nitrogens with two attached hydrogens (primary N) is 1. The summed E-state index contributed by atoms with van der Waals surface area (Å²) in [5.74, 6) is 1.72. The molecule has 0 spiro atoms. The van der Waals surface area contributed by atoms with Gasteiger partial charge in [-0.2, -0.15) is 0 Å². The van der Waals surface area contributed by atoms with Gasteiger partial charge in [-0.3, -0.25) is 0 Å². The normalized spacial score (nSPS) is 10.3. The van der Waals surface area contributed by atoms with Crippen LogP contribution in [0.15, 0.2) is 42.5 Å². The lowest BCUT2D eigenvalue weighted by molar-refractivity contribution is 0.338. The van der Waals surface area contributed by atoms with Crippen LogP contribution in [0.5, 0.6) is 17.2 Å². The van der Waals surface area contributed by atoms with Crippen LogP contribution in [0.4, 0.5) is 4.39 Å². The fourth-order valence-electron chi connectivity index (χ4n) is 1.92. The lowest BCUT2D eigenvalue weighted by Crippen LogP contribution is -2.04. The monoisotopic (exact) mass is 275 g/mol. The summed E-state index contributed by atoms with van der Waals surface area (Å²) in [4.78, 5) is 0. The van der Waals surface area contributed by atoms with Gasteiger partial charge < -0.3 is 15.2 Å². The van der Waals surface area contributed by atoms with E-state index in [1.54, 1.807) is 12.1 Å². The Hall–Kier alpha value is -2.07. The van der Waals surface area contributed by atoms with Crippen molar-refractivity contribution in [2.45, 2.75) is 13.3 Å². The van der Waals surface area contributed by atoms with E-state index in [0.29, 0.717) is 31.1 Å². The Morgan fingerprint density at radius 2 is 1.90 bits per heavy atom. The second kappa shape index (κ2) is 6.91. The second-order valence-electron chi connectivity index (χ2n) is 4.30. The Labute approximate surface area is 118 Å². The topological polar surface area (TPSA) is 44.5 Å². The number of halogens is 1. The molecule has 0 aromatic heterocycles. The highest BCUT2D eigenvalue weighted by Gasteiger charge is 2.07. The molecular weight excluding hydrogens is 257 g/mol. The van der Waals surface area contributed by atoms with E-state index in [9.17, 15) is 4.39 Å². The van der Waals surface area contributed by atoms with Gasteiger partial charge in [-0.15, -0.1) is 0 Å². The van der Waals surface area contributed by atoms with Gasteiger partial charge in [0.2, 0.25) is 0 Å². The van der Waals surface area contributed by atoms with Crippen molar-refractivity contribution in [3.63, 3.8) is 0 Å². The van der Waals surface area contributed by atoms with Gasteiger partial charge in [0.1, 0.15) is 23.1 Å². The molecule has 2 N–H and O–H groups in total. The van der Waals surface area contributed by atoms with Crippen LogP contribution in [0.1, 0.15) is 12.5 Å². The summed E-state index contributed by atoms with van der Waals surface area (Å²) >= 11 is 0. The standard InChI is InChI=1S/C16H18FNO2/c1-2-19-14-4-3-5-15(11-14)20-16-7-6-13(17)10-12(16)8-9-18/h3-7,10-11H,2,8-9,18H2,1H3. The summed E-state index contributed by atoms with van der Waals surface area (Å²) < 4.78 is 24.5. The fraction of sp³-hybridized carbons (Fsp3) is 0.250. The van der Waals surface area contributed by atoms with Gasteiger partial charge in [-0.1, -0.05) is 6.07 Å². The zero-order chi connectivity index (χ0) is 14.4. The van der Waals surface area contributed by atoms with Crippen LogP contribution in [-0.4, -0.2) is 13.2 Å². The Morgan fingerprint density at radius 3 is 2.65 bits per heavy atom. The molecule has 3 nitrogen and oxygen atoms in total. The van der Waals surface area contributed by atoms with Crippen molar-refractivity contribution in [3.8, 4) is 17.2 Å². The number of ether oxygens (including phenoxy) is 2. The first-order valence-electron chi connectivity index (χ1n) is 6.62. The summed E-state index contributed by atoms with van der Waals surface area (Å²) in [5.41, 5.74) is 6.30. The largest absolute Gasteiger partial charge is 0.494 e. The first kappa shape index (κ1) is 14.3. The third-order valence-electron chi connectivity index (χ3n) is 2.78. The van der Waals surface area contributed by atoms with E-state index in [-0.39, 0.29) is 5.82 Å². The van der Waals surface area contributed by atoms with E-state index >= 15 is 0 Å². The zero-order valence-corrected chi connectivity index (χ0v) is 11.4. The third-order valence-corrected chi connectivity index (χ3v) is 2.78. The average Bonchev–Trinajstić information content (AvgIpc) is 2.43. The van der Waals surface area contributed by atoms with Gasteiger partial charge in [0.05, 0.1) is 6.61 Å². The molecule has 0 aliphatic heterocycles. The fourth-order valence-corrected chi connectivity index (χ4v) is 1.92. The van der Waals surface area contributed by atoms with E-state index in [2.05, 4.69) is 0 Å². The van der Waals surface area contributed by atoms with E-state index < -0.39 is 0 Å². The quantitative estimate of drug-likeness (QED) is 0.877. The van der Waals surface area contributed by atoms with Crippen LogP contribution >= 0.6 is 0 Å². The van der Waals surface area contributed by atoms with Crippen LogP contribution in [0.25, 0.3) is 0 Å². The lowest BCUT2D eigenvalue weighted by Gasteiger charge is -2.12. The third kappa shape index (κ3) is 3.71. The summed E-state index contributed by atoms with van der Waals surface area (Å²) in [7, 11) is 0. The van der Waals surface area contributed by atoms with Gasteiger partial charge >= 0.3 is 0 Å². The molecule has 20 heavy (non-hydrogen) atoms. The Morgan fingerprint density at radius 1 is 1.10 bits per heavy atom. The van der Waals surface area contributed by atoms with Crippen LogP contribution in [0.2, 0.25) is 0 Å². The van der Waals surface area contributed by atoms with Gasteiger partial charge in [0.25, 0.3) is 0 Å². The first-order valence-corrected chi connectivity index (χ1v) is 6.62. The highest BCUT2D eigenvalue weighted by Crippen LogP contribution is 2.28.